The number of hydrogen-bond acceptors (Lipinski definition) is 5. The lowest BCUT2D eigenvalue weighted by molar-refractivity contribution is -0.133. The maximum absolute atomic E-state index is 12.6. The van der Waals surface area contributed by atoms with Crippen LogP contribution in [0.25, 0.3) is 0 Å². The number of halogens is 2. The van der Waals surface area contributed by atoms with E-state index in [0.29, 0.717) is 18.7 Å². The molecule has 0 aliphatic carbocycles. The number of carbonyl (C=O) groups excluding carboxylic acids is 1. The minimum atomic E-state index is -0.259. The molecule has 6 nitrogen and oxygen atoms in total. The zero-order chi connectivity index (χ0) is 16.9. The highest BCUT2D eigenvalue weighted by atomic mass is 35.5. The standard InChI is InChI=1S/C18H21N5O.2ClH/c19-9-13-3-5-14(6-4-13)11-21-15-8-17(22-12-15)18(24)23-7-1-2-16(23)10-20;;/h3-6,15-17,21-22H,1-2,7-8,11-12H2;2*1H/t15-,16?,17-;;/m0../s1. The highest BCUT2D eigenvalue weighted by molar-refractivity contribution is 5.85. The van der Waals surface area contributed by atoms with Crippen molar-refractivity contribution in [3.05, 3.63) is 35.4 Å². The SMILES string of the molecule is Cl.Cl.N#Cc1ccc(CN[C@@H]2CN[C@H](C(=O)N3CCCC3C#N)C2)cc1. The van der Waals surface area contributed by atoms with Gasteiger partial charge in [-0.2, -0.15) is 10.5 Å². The molecule has 3 atom stereocenters. The average molecular weight is 396 g/mol. The molecule has 1 amide bonds. The fourth-order valence-corrected chi connectivity index (χ4v) is 3.40. The Bertz CT molecular complexity index is 682. The minimum Gasteiger partial charge on any atom is -0.325 e. The molecule has 2 heterocycles. The smallest absolute Gasteiger partial charge is 0.240 e. The molecule has 140 valence electrons. The molecule has 8 heteroatoms. The summed E-state index contributed by atoms with van der Waals surface area (Å²) >= 11 is 0. The largest absolute Gasteiger partial charge is 0.325 e. The van der Waals surface area contributed by atoms with E-state index in [0.717, 1.165) is 31.4 Å². The lowest BCUT2D eigenvalue weighted by Crippen LogP contribution is -2.45. The Kier molecular flexibility index (Phi) is 8.84. The first kappa shape index (κ1) is 22.2. The van der Waals surface area contributed by atoms with Crippen LogP contribution in [0.5, 0.6) is 0 Å². The molecule has 1 unspecified atom stereocenters. The molecule has 2 saturated heterocycles. The quantitative estimate of drug-likeness (QED) is 0.809. The van der Waals surface area contributed by atoms with E-state index in [1.165, 1.54) is 0 Å². The van der Waals surface area contributed by atoms with Gasteiger partial charge in [-0.05, 0) is 37.0 Å². The molecule has 0 bridgehead atoms. The molecule has 0 aromatic heterocycles. The number of rotatable bonds is 4. The number of likely N-dealkylation sites (tertiary alicyclic amines) is 1. The van der Waals surface area contributed by atoms with E-state index in [9.17, 15) is 4.79 Å². The molecule has 1 aromatic carbocycles. The summed E-state index contributed by atoms with van der Waals surface area (Å²) in [5.74, 6) is 0.0572. The summed E-state index contributed by atoms with van der Waals surface area (Å²) in [4.78, 5) is 14.3. The summed E-state index contributed by atoms with van der Waals surface area (Å²) in [7, 11) is 0. The number of carbonyl (C=O) groups is 1. The first-order chi connectivity index (χ1) is 11.7. The van der Waals surface area contributed by atoms with Crippen molar-refractivity contribution in [3.63, 3.8) is 0 Å². The lowest BCUT2D eigenvalue weighted by Gasteiger charge is -2.23. The average Bonchev–Trinajstić information content (AvgIpc) is 3.29. The van der Waals surface area contributed by atoms with E-state index in [2.05, 4.69) is 22.8 Å². The van der Waals surface area contributed by atoms with Gasteiger partial charge in [-0.15, -0.1) is 24.8 Å². The van der Waals surface area contributed by atoms with Crippen LogP contribution in [-0.4, -0.2) is 42.0 Å². The van der Waals surface area contributed by atoms with Crippen LogP contribution in [0.3, 0.4) is 0 Å². The summed E-state index contributed by atoms with van der Waals surface area (Å²) in [6.07, 6.45) is 2.44. The van der Waals surface area contributed by atoms with Crippen molar-refractivity contribution in [2.24, 2.45) is 0 Å². The molecule has 3 rings (SSSR count). The third-order valence-corrected chi connectivity index (χ3v) is 4.79. The van der Waals surface area contributed by atoms with Crippen LogP contribution in [0.15, 0.2) is 24.3 Å². The van der Waals surface area contributed by atoms with Crippen molar-refractivity contribution in [1.82, 2.24) is 15.5 Å². The van der Waals surface area contributed by atoms with Crippen LogP contribution in [-0.2, 0) is 11.3 Å². The van der Waals surface area contributed by atoms with Gasteiger partial charge >= 0.3 is 0 Å². The molecule has 2 aliphatic rings. The highest BCUT2D eigenvalue weighted by Crippen LogP contribution is 2.20. The van der Waals surface area contributed by atoms with Gasteiger partial charge in [0, 0.05) is 25.7 Å². The van der Waals surface area contributed by atoms with E-state index in [1.54, 1.807) is 4.90 Å². The van der Waals surface area contributed by atoms with E-state index >= 15 is 0 Å². The number of amides is 1. The Hall–Kier alpha value is -1.83. The van der Waals surface area contributed by atoms with E-state index in [1.807, 2.05) is 24.3 Å². The zero-order valence-corrected chi connectivity index (χ0v) is 16.0. The van der Waals surface area contributed by atoms with Crippen molar-refractivity contribution in [2.45, 2.75) is 43.9 Å². The molecular weight excluding hydrogens is 373 g/mol. The van der Waals surface area contributed by atoms with Gasteiger partial charge in [0.1, 0.15) is 6.04 Å². The van der Waals surface area contributed by atoms with Gasteiger partial charge in [0.15, 0.2) is 0 Å². The molecule has 0 spiro atoms. The van der Waals surface area contributed by atoms with Gasteiger partial charge in [-0.1, -0.05) is 12.1 Å². The second kappa shape index (κ2) is 10.4. The Morgan fingerprint density at radius 1 is 1.27 bits per heavy atom. The maximum atomic E-state index is 12.6. The van der Waals surface area contributed by atoms with Gasteiger partial charge < -0.3 is 15.5 Å². The summed E-state index contributed by atoms with van der Waals surface area (Å²) in [5, 5.41) is 24.7. The number of hydrogen-bond donors (Lipinski definition) is 2. The summed E-state index contributed by atoms with van der Waals surface area (Å²) in [6, 6.07) is 11.6. The fraction of sp³-hybridized carbons (Fsp3) is 0.500. The van der Waals surface area contributed by atoms with E-state index < -0.39 is 0 Å². The maximum Gasteiger partial charge on any atom is 0.240 e. The normalized spacial score (nSPS) is 24.1. The summed E-state index contributed by atoms with van der Waals surface area (Å²) in [6.45, 7) is 2.15. The molecule has 2 aliphatic heterocycles. The van der Waals surface area contributed by atoms with E-state index in [4.69, 9.17) is 10.5 Å². The van der Waals surface area contributed by atoms with Crippen molar-refractivity contribution < 1.29 is 4.79 Å². The van der Waals surface area contributed by atoms with Crippen molar-refractivity contribution in [2.75, 3.05) is 13.1 Å². The Morgan fingerprint density at radius 3 is 2.65 bits per heavy atom. The first-order valence-electron chi connectivity index (χ1n) is 8.37. The Morgan fingerprint density at radius 2 is 2.00 bits per heavy atom. The first-order valence-corrected chi connectivity index (χ1v) is 8.37. The third-order valence-electron chi connectivity index (χ3n) is 4.79. The molecule has 1 aromatic rings. The zero-order valence-electron chi connectivity index (χ0n) is 14.4. The molecule has 0 saturated carbocycles. The fourth-order valence-electron chi connectivity index (χ4n) is 3.40. The molecule has 26 heavy (non-hydrogen) atoms. The van der Waals surface area contributed by atoms with Crippen LogP contribution in [0.4, 0.5) is 0 Å². The van der Waals surface area contributed by atoms with Crippen LogP contribution in [0, 0.1) is 22.7 Å². The predicted molar refractivity (Wildman–Crippen MR) is 103 cm³/mol. The molecular formula is C18H23Cl2N5O. The number of nitriles is 2. The number of benzene rings is 1. The van der Waals surface area contributed by atoms with Crippen LogP contribution < -0.4 is 10.6 Å². The molecule has 2 fully saturated rings. The van der Waals surface area contributed by atoms with Crippen molar-refractivity contribution in [1.29, 1.82) is 10.5 Å². The lowest BCUT2D eigenvalue weighted by atomic mass is 10.1. The van der Waals surface area contributed by atoms with Crippen molar-refractivity contribution >= 4 is 30.7 Å². The van der Waals surface area contributed by atoms with Crippen LogP contribution in [0.2, 0.25) is 0 Å². The van der Waals surface area contributed by atoms with Gasteiger partial charge in [0.25, 0.3) is 0 Å². The number of nitrogens with one attached hydrogen (secondary N) is 2. The molecule has 0 radical (unpaired) electrons. The highest BCUT2D eigenvalue weighted by Gasteiger charge is 2.36. The predicted octanol–water partition coefficient (Wildman–Crippen LogP) is 1.74. The second-order valence-corrected chi connectivity index (χ2v) is 6.40. The van der Waals surface area contributed by atoms with Gasteiger partial charge in [-0.3, -0.25) is 4.79 Å². The topological polar surface area (TPSA) is 91.9 Å². The van der Waals surface area contributed by atoms with Crippen molar-refractivity contribution in [3.8, 4) is 12.1 Å². The van der Waals surface area contributed by atoms with Gasteiger partial charge in [-0.25, -0.2) is 0 Å². The van der Waals surface area contributed by atoms with Crippen LogP contribution >= 0.6 is 24.8 Å². The monoisotopic (exact) mass is 395 g/mol. The van der Waals surface area contributed by atoms with Gasteiger partial charge in [0.2, 0.25) is 5.91 Å². The van der Waals surface area contributed by atoms with Crippen LogP contribution in [0.1, 0.15) is 30.4 Å². The van der Waals surface area contributed by atoms with Gasteiger partial charge in [0.05, 0.1) is 23.7 Å². The third kappa shape index (κ3) is 5.09. The summed E-state index contributed by atoms with van der Waals surface area (Å²) < 4.78 is 0. The van der Waals surface area contributed by atoms with E-state index in [-0.39, 0.29) is 48.8 Å². The minimum absolute atomic E-state index is 0. The second-order valence-electron chi connectivity index (χ2n) is 6.40. The Balaban J connectivity index is 0.00000169. The summed E-state index contributed by atoms with van der Waals surface area (Å²) in [5.41, 5.74) is 1.78. The number of nitrogens with zero attached hydrogens (tertiary/aromatic N) is 3. The Labute approximate surface area is 166 Å². The molecule has 2 N–H and O–H groups in total.